The van der Waals surface area contributed by atoms with Gasteiger partial charge in [0.05, 0.1) is 32.3 Å². The lowest BCUT2D eigenvalue weighted by Gasteiger charge is -2.49. The zero-order valence-corrected chi connectivity index (χ0v) is 25.4. The van der Waals surface area contributed by atoms with Gasteiger partial charge < -0.3 is 23.4 Å². The Kier molecular flexibility index (Phi) is 7.38. The minimum absolute atomic E-state index is 0.0841. The first-order valence-corrected chi connectivity index (χ1v) is 16.9. The molecule has 0 N–H and O–H groups in total. The summed E-state index contributed by atoms with van der Waals surface area (Å²) >= 11 is 0. The number of rotatable bonds is 8. The number of carbonyl (C=O) groups excluding carboxylic acids is 1. The molecule has 7 heteroatoms. The minimum atomic E-state index is -2.63. The Labute approximate surface area is 239 Å². The summed E-state index contributed by atoms with van der Waals surface area (Å²) < 4.78 is 32.0. The minimum Gasteiger partial charge on any atom is -0.407 e. The predicted molar refractivity (Wildman–Crippen MR) is 156 cm³/mol. The quantitative estimate of drug-likeness (QED) is 0.338. The normalized spacial score (nSPS) is 29.4. The zero-order valence-electron chi connectivity index (χ0n) is 24.4. The Morgan fingerprint density at radius 1 is 0.850 bits per heavy atom. The maximum atomic E-state index is 14.1. The molecule has 0 aromatic heterocycles. The molecular formula is C33H44O6Si. The van der Waals surface area contributed by atoms with E-state index in [1.165, 1.54) is 10.4 Å². The van der Waals surface area contributed by atoms with Crippen LogP contribution in [0.25, 0.3) is 0 Å². The van der Waals surface area contributed by atoms with Gasteiger partial charge in [0, 0.05) is 24.4 Å². The molecule has 0 radical (unpaired) electrons. The van der Waals surface area contributed by atoms with Crippen LogP contribution in [-0.4, -0.2) is 58.7 Å². The average Bonchev–Trinajstić information content (AvgIpc) is 3.67. The highest BCUT2D eigenvalue weighted by molar-refractivity contribution is 6.99. The van der Waals surface area contributed by atoms with Gasteiger partial charge in [0.25, 0.3) is 8.32 Å². The van der Waals surface area contributed by atoms with Crippen molar-refractivity contribution in [2.45, 2.75) is 76.4 Å². The van der Waals surface area contributed by atoms with E-state index in [-0.39, 0.29) is 28.1 Å². The van der Waals surface area contributed by atoms with Crippen LogP contribution in [0.15, 0.2) is 60.7 Å². The molecule has 2 saturated heterocycles. The number of hydrogen-bond acceptors (Lipinski definition) is 6. The highest BCUT2D eigenvalue weighted by atomic mass is 28.4. The van der Waals surface area contributed by atoms with E-state index in [9.17, 15) is 4.79 Å². The van der Waals surface area contributed by atoms with E-state index in [1.807, 2.05) is 0 Å². The van der Waals surface area contributed by atoms with Crippen molar-refractivity contribution in [3.8, 4) is 0 Å². The summed E-state index contributed by atoms with van der Waals surface area (Å²) in [4.78, 5) is 14.1. The maximum absolute atomic E-state index is 14.1. The number of Topliss-reactive ketones (excluding diaryl/α,β-unsaturated/α-hetero) is 1. The molecule has 2 aromatic carbocycles. The van der Waals surface area contributed by atoms with Crippen molar-refractivity contribution in [3.05, 3.63) is 60.7 Å². The van der Waals surface area contributed by atoms with Gasteiger partial charge in [0.15, 0.2) is 11.6 Å². The Hall–Kier alpha value is -1.87. The van der Waals surface area contributed by atoms with Crippen molar-refractivity contribution in [1.29, 1.82) is 0 Å². The second-order valence-corrected chi connectivity index (χ2v) is 17.5. The first kappa shape index (κ1) is 28.3. The predicted octanol–water partition coefficient (Wildman–Crippen LogP) is 4.83. The van der Waals surface area contributed by atoms with Gasteiger partial charge >= 0.3 is 0 Å². The van der Waals surface area contributed by atoms with Crippen LogP contribution in [0.2, 0.25) is 5.04 Å². The summed E-state index contributed by atoms with van der Waals surface area (Å²) in [6.07, 6.45) is 3.74. The van der Waals surface area contributed by atoms with Gasteiger partial charge in [-0.2, -0.15) is 0 Å². The van der Waals surface area contributed by atoms with Crippen LogP contribution in [-0.2, 0) is 28.2 Å². The second kappa shape index (κ2) is 10.4. The summed E-state index contributed by atoms with van der Waals surface area (Å²) in [5.74, 6) is -1.71. The van der Waals surface area contributed by atoms with E-state index in [0.29, 0.717) is 45.9 Å². The monoisotopic (exact) mass is 564 g/mol. The van der Waals surface area contributed by atoms with E-state index in [0.717, 1.165) is 19.3 Å². The summed E-state index contributed by atoms with van der Waals surface area (Å²) in [7, 11) is -2.63. The molecule has 6 nitrogen and oxygen atoms in total. The van der Waals surface area contributed by atoms with Gasteiger partial charge in [-0.1, -0.05) is 81.4 Å². The first-order chi connectivity index (χ1) is 19.2. The number of ketones is 1. The van der Waals surface area contributed by atoms with Gasteiger partial charge in [-0.25, -0.2) is 0 Å². The molecule has 0 amide bonds. The van der Waals surface area contributed by atoms with Crippen LogP contribution >= 0.6 is 0 Å². The molecule has 0 unspecified atom stereocenters. The summed E-state index contributed by atoms with van der Waals surface area (Å²) in [5.41, 5.74) is -0.372. The maximum Gasteiger partial charge on any atom is 0.261 e. The number of fused-ring (bicyclic) bond motifs is 3. The van der Waals surface area contributed by atoms with Crippen molar-refractivity contribution >= 4 is 24.5 Å². The molecule has 2 aromatic rings. The lowest BCUT2D eigenvalue weighted by molar-refractivity contribution is -0.272. The summed E-state index contributed by atoms with van der Waals surface area (Å²) in [5, 5.41) is 2.46. The molecule has 3 atom stereocenters. The Morgan fingerprint density at radius 3 is 1.95 bits per heavy atom. The van der Waals surface area contributed by atoms with Crippen LogP contribution in [0, 0.1) is 17.3 Å². The number of hydrogen-bond donors (Lipinski definition) is 0. The highest BCUT2D eigenvalue weighted by Crippen LogP contribution is 2.65. The summed E-state index contributed by atoms with van der Waals surface area (Å²) in [6, 6.07) is 21.5. The standard InChI is InChI=1S/C33H44O6Si/c1-30(2,3)40(25-12-7-5-8-13-25,26-14-9-6-10-15-26)39-19-11-16-27-29(34)28-24-32(27,31(4)35-20-21-36-31)17-18-33(28)37-22-23-38-33/h5-10,12-15,27-28H,11,16-24H2,1-4H3/t27-,28-,32-/m0/s1. The lowest BCUT2D eigenvalue weighted by atomic mass is 9.64. The molecule has 6 rings (SSSR count). The van der Waals surface area contributed by atoms with E-state index in [2.05, 4.69) is 88.4 Å². The van der Waals surface area contributed by atoms with Gasteiger partial charge in [-0.3, -0.25) is 4.79 Å². The molecule has 4 aliphatic rings. The molecular weight excluding hydrogens is 520 g/mol. The fourth-order valence-corrected chi connectivity index (χ4v) is 13.0. The first-order valence-electron chi connectivity index (χ1n) is 15.0. The van der Waals surface area contributed by atoms with Crippen molar-refractivity contribution in [2.75, 3.05) is 33.0 Å². The molecule has 2 heterocycles. The second-order valence-electron chi connectivity index (χ2n) is 13.2. The molecule has 4 fully saturated rings. The number of ether oxygens (including phenoxy) is 4. The van der Waals surface area contributed by atoms with Gasteiger partial charge in [-0.05, 0) is 48.0 Å². The molecule has 2 bridgehead atoms. The van der Waals surface area contributed by atoms with Crippen molar-refractivity contribution in [1.82, 2.24) is 0 Å². The van der Waals surface area contributed by atoms with Crippen molar-refractivity contribution in [2.24, 2.45) is 17.3 Å². The van der Waals surface area contributed by atoms with Crippen LogP contribution in [0.1, 0.15) is 59.8 Å². The largest absolute Gasteiger partial charge is 0.407 e. The smallest absolute Gasteiger partial charge is 0.261 e. The molecule has 2 aliphatic heterocycles. The highest BCUT2D eigenvalue weighted by Gasteiger charge is 2.71. The fourth-order valence-electron chi connectivity index (χ4n) is 8.38. The lowest BCUT2D eigenvalue weighted by Crippen LogP contribution is -2.66. The van der Waals surface area contributed by atoms with Crippen LogP contribution in [0.3, 0.4) is 0 Å². The third kappa shape index (κ3) is 4.27. The van der Waals surface area contributed by atoms with E-state index in [4.69, 9.17) is 23.4 Å². The molecule has 40 heavy (non-hydrogen) atoms. The SMILES string of the molecule is CC1([C@@]23CCC4(OCCO4)[C@@H](C2)C(=O)[C@@H]3CCCO[Si](c2ccccc2)(c2ccccc2)C(C)(C)C)OCCO1. The van der Waals surface area contributed by atoms with Crippen LogP contribution < -0.4 is 10.4 Å². The molecule has 1 spiro atoms. The third-order valence-corrected chi connectivity index (χ3v) is 15.3. The Bertz CT molecular complexity index is 1140. The van der Waals surface area contributed by atoms with Crippen molar-refractivity contribution < 1.29 is 28.2 Å². The Balaban J connectivity index is 1.27. The molecule has 2 saturated carbocycles. The Morgan fingerprint density at radius 2 is 1.40 bits per heavy atom. The van der Waals surface area contributed by atoms with Gasteiger partial charge in [-0.15, -0.1) is 0 Å². The van der Waals surface area contributed by atoms with E-state index in [1.54, 1.807) is 0 Å². The summed E-state index contributed by atoms with van der Waals surface area (Å²) in [6.45, 7) is 11.8. The molecule has 2 aliphatic carbocycles. The topological polar surface area (TPSA) is 63.2 Å². The number of benzene rings is 2. The van der Waals surface area contributed by atoms with E-state index >= 15 is 0 Å². The average molecular weight is 565 g/mol. The van der Waals surface area contributed by atoms with Gasteiger partial charge in [0.2, 0.25) is 0 Å². The zero-order chi connectivity index (χ0) is 28.1. The van der Waals surface area contributed by atoms with E-state index < -0.39 is 19.9 Å². The van der Waals surface area contributed by atoms with Crippen molar-refractivity contribution in [3.63, 3.8) is 0 Å². The number of carbonyl (C=O) groups is 1. The van der Waals surface area contributed by atoms with Crippen LogP contribution in [0.5, 0.6) is 0 Å². The molecule has 216 valence electrons. The van der Waals surface area contributed by atoms with Crippen LogP contribution in [0.4, 0.5) is 0 Å². The van der Waals surface area contributed by atoms with Gasteiger partial charge in [0.1, 0.15) is 5.78 Å². The third-order valence-electron chi connectivity index (χ3n) is 10.3. The fraction of sp³-hybridized carbons (Fsp3) is 0.606.